The van der Waals surface area contributed by atoms with Crippen LogP contribution in [0.4, 0.5) is 5.69 Å². The molecule has 0 aliphatic heterocycles. The Morgan fingerprint density at radius 2 is 1.69 bits per heavy atom. The molecule has 184 valence electrons. The first-order chi connectivity index (χ1) is 16.7. The Bertz CT molecular complexity index is 1240. The van der Waals surface area contributed by atoms with Gasteiger partial charge < -0.3 is 20.1 Å². The highest BCUT2D eigenvalue weighted by Gasteiger charge is 2.22. The lowest BCUT2D eigenvalue weighted by molar-refractivity contribution is -0.126. The minimum atomic E-state index is -0.772. The molecule has 35 heavy (non-hydrogen) atoms. The van der Waals surface area contributed by atoms with Crippen LogP contribution in [0, 0.1) is 20.8 Å². The monoisotopic (exact) mass is 498 g/mol. The Kier molecular flexibility index (Phi) is 8.48. The number of hydrogen-bond donors (Lipinski definition) is 2. The van der Waals surface area contributed by atoms with Crippen molar-refractivity contribution in [2.24, 2.45) is 0 Å². The number of amides is 2. The number of aromatic nitrogens is 2. The Hall–Kier alpha value is -3.85. The van der Waals surface area contributed by atoms with Crippen LogP contribution in [0.5, 0.6) is 5.75 Å². The second-order valence-electron chi connectivity index (χ2n) is 8.00. The van der Waals surface area contributed by atoms with Crippen LogP contribution in [-0.2, 0) is 20.9 Å². The van der Waals surface area contributed by atoms with Crippen LogP contribution in [0.1, 0.15) is 32.7 Å². The fourth-order valence-electron chi connectivity index (χ4n) is 3.30. The summed E-state index contributed by atoms with van der Waals surface area (Å²) in [5, 5.41) is 9.53. The van der Waals surface area contributed by atoms with Crippen molar-refractivity contribution in [2.45, 2.75) is 27.3 Å². The number of rotatable bonds is 9. The van der Waals surface area contributed by atoms with Gasteiger partial charge >= 0.3 is 5.97 Å². The maximum absolute atomic E-state index is 12.5. The lowest BCUT2D eigenvalue weighted by atomic mass is 10.1. The fraction of sp³-hybridized carbons (Fsp3) is 0.280. The molecule has 0 bridgehead atoms. The van der Waals surface area contributed by atoms with Gasteiger partial charge in [0, 0.05) is 0 Å². The molecule has 0 radical (unpaired) electrons. The largest absolute Gasteiger partial charge is 0.495 e. The van der Waals surface area contributed by atoms with E-state index < -0.39 is 24.4 Å². The molecular weight excluding hydrogens is 472 g/mol. The first kappa shape index (κ1) is 25.8. The number of aryl methyl sites for hydroxylation is 3. The normalized spacial score (nSPS) is 10.5. The predicted octanol–water partition coefficient (Wildman–Crippen LogP) is 3.43. The van der Waals surface area contributed by atoms with Gasteiger partial charge in [-0.15, -0.1) is 0 Å². The number of nitrogens with zero attached hydrogens (tertiary/aromatic N) is 2. The van der Waals surface area contributed by atoms with Crippen molar-refractivity contribution in [3.8, 4) is 5.75 Å². The molecule has 0 aliphatic rings. The van der Waals surface area contributed by atoms with Crippen molar-refractivity contribution in [1.82, 2.24) is 15.1 Å². The van der Waals surface area contributed by atoms with Gasteiger partial charge in [0.1, 0.15) is 16.5 Å². The summed E-state index contributed by atoms with van der Waals surface area (Å²) in [5.74, 6) is -1.36. The summed E-state index contributed by atoms with van der Waals surface area (Å²) >= 11 is 6.37. The Morgan fingerprint density at radius 3 is 2.37 bits per heavy atom. The minimum Gasteiger partial charge on any atom is -0.495 e. The van der Waals surface area contributed by atoms with E-state index in [2.05, 4.69) is 15.7 Å². The molecular formula is C25H27ClN4O5. The number of benzene rings is 2. The predicted molar refractivity (Wildman–Crippen MR) is 132 cm³/mol. The SMILES string of the molecule is COc1ccc(C)cc1NC(=O)CNC(=O)COC(=O)c1c(C)nn(Cc2ccc(C)cc2)c1Cl. The average Bonchev–Trinajstić information content (AvgIpc) is 3.10. The summed E-state index contributed by atoms with van der Waals surface area (Å²) in [4.78, 5) is 36.9. The van der Waals surface area contributed by atoms with Crippen molar-refractivity contribution in [3.05, 3.63) is 75.6 Å². The number of nitrogens with one attached hydrogen (secondary N) is 2. The quantitative estimate of drug-likeness (QED) is 0.437. The molecule has 1 heterocycles. The highest BCUT2D eigenvalue weighted by atomic mass is 35.5. The highest BCUT2D eigenvalue weighted by Crippen LogP contribution is 2.25. The number of carbonyl (C=O) groups excluding carboxylic acids is 3. The average molecular weight is 499 g/mol. The molecule has 1 aromatic heterocycles. The highest BCUT2D eigenvalue weighted by molar-refractivity contribution is 6.32. The van der Waals surface area contributed by atoms with Gasteiger partial charge in [-0.3, -0.25) is 9.59 Å². The van der Waals surface area contributed by atoms with E-state index in [0.29, 0.717) is 23.7 Å². The van der Waals surface area contributed by atoms with E-state index in [4.69, 9.17) is 21.1 Å². The maximum atomic E-state index is 12.5. The third-order valence-corrected chi connectivity index (χ3v) is 5.52. The van der Waals surface area contributed by atoms with E-state index in [0.717, 1.165) is 16.7 Å². The molecule has 0 saturated carbocycles. The van der Waals surface area contributed by atoms with Crippen LogP contribution < -0.4 is 15.4 Å². The first-order valence-electron chi connectivity index (χ1n) is 10.8. The van der Waals surface area contributed by atoms with Crippen molar-refractivity contribution >= 4 is 35.1 Å². The fourth-order valence-corrected chi connectivity index (χ4v) is 3.61. The van der Waals surface area contributed by atoms with E-state index in [1.165, 1.54) is 11.8 Å². The molecule has 2 N–H and O–H groups in total. The third kappa shape index (κ3) is 6.83. The summed E-state index contributed by atoms with van der Waals surface area (Å²) < 4.78 is 11.8. The zero-order chi connectivity index (χ0) is 25.5. The van der Waals surface area contributed by atoms with Gasteiger partial charge in [0.25, 0.3) is 5.91 Å². The number of ether oxygens (including phenoxy) is 2. The summed E-state index contributed by atoms with van der Waals surface area (Å²) in [7, 11) is 1.50. The second-order valence-corrected chi connectivity index (χ2v) is 8.36. The summed E-state index contributed by atoms with van der Waals surface area (Å²) in [6, 6.07) is 13.2. The van der Waals surface area contributed by atoms with Gasteiger partial charge in [-0.25, -0.2) is 9.48 Å². The number of anilines is 1. The standard InChI is InChI=1S/C25H27ClN4O5/c1-15-5-8-18(9-6-15)13-30-24(26)23(17(3)29-30)25(33)35-14-22(32)27-12-21(31)28-19-11-16(2)7-10-20(19)34-4/h5-11H,12-14H2,1-4H3,(H,27,32)(H,28,31). The van der Waals surface area contributed by atoms with Gasteiger partial charge in [-0.2, -0.15) is 5.10 Å². The molecule has 9 nitrogen and oxygen atoms in total. The van der Waals surface area contributed by atoms with Crippen LogP contribution >= 0.6 is 11.6 Å². The van der Waals surface area contributed by atoms with Gasteiger partial charge in [-0.1, -0.05) is 47.5 Å². The van der Waals surface area contributed by atoms with Crippen molar-refractivity contribution < 1.29 is 23.9 Å². The first-order valence-corrected chi connectivity index (χ1v) is 11.2. The topological polar surface area (TPSA) is 112 Å². The number of carbonyl (C=O) groups is 3. The molecule has 0 atom stereocenters. The van der Waals surface area contributed by atoms with Gasteiger partial charge in [0.2, 0.25) is 5.91 Å². The number of halogens is 1. The van der Waals surface area contributed by atoms with Crippen LogP contribution in [0.3, 0.4) is 0 Å². The van der Waals surface area contributed by atoms with Crippen molar-refractivity contribution in [3.63, 3.8) is 0 Å². The van der Waals surface area contributed by atoms with Crippen molar-refractivity contribution in [2.75, 3.05) is 25.6 Å². The zero-order valence-electron chi connectivity index (χ0n) is 20.0. The molecule has 3 rings (SSSR count). The maximum Gasteiger partial charge on any atom is 0.343 e. The smallest absolute Gasteiger partial charge is 0.343 e. The minimum absolute atomic E-state index is 0.0934. The summed E-state index contributed by atoms with van der Waals surface area (Å²) in [6.45, 7) is 5.02. The van der Waals surface area contributed by atoms with Crippen LogP contribution in [-0.4, -0.2) is 47.8 Å². The number of hydrogen-bond acceptors (Lipinski definition) is 6. The van der Waals surface area contributed by atoms with E-state index in [9.17, 15) is 14.4 Å². The Morgan fingerprint density at radius 1 is 1.00 bits per heavy atom. The molecule has 0 unspecified atom stereocenters. The molecule has 3 aromatic rings. The zero-order valence-corrected chi connectivity index (χ0v) is 20.7. The van der Waals surface area contributed by atoms with Crippen LogP contribution in [0.25, 0.3) is 0 Å². The van der Waals surface area contributed by atoms with Gasteiger partial charge in [0.15, 0.2) is 6.61 Å². The summed E-state index contributed by atoms with van der Waals surface area (Å²) in [6.07, 6.45) is 0. The van der Waals surface area contributed by atoms with E-state index in [1.807, 2.05) is 44.2 Å². The van der Waals surface area contributed by atoms with Gasteiger partial charge in [0.05, 0.1) is 31.6 Å². The molecule has 0 spiro atoms. The van der Waals surface area contributed by atoms with Gasteiger partial charge in [-0.05, 0) is 44.0 Å². The molecule has 0 fully saturated rings. The molecule has 2 amide bonds. The Labute approximate surface area is 208 Å². The van der Waals surface area contributed by atoms with E-state index in [1.54, 1.807) is 19.1 Å². The number of esters is 1. The third-order valence-electron chi connectivity index (χ3n) is 5.13. The lowest BCUT2D eigenvalue weighted by Crippen LogP contribution is -2.35. The lowest BCUT2D eigenvalue weighted by Gasteiger charge is -2.11. The molecule has 2 aromatic carbocycles. The van der Waals surface area contributed by atoms with E-state index in [-0.39, 0.29) is 17.3 Å². The summed E-state index contributed by atoms with van der Waals surface area (Å²) in [5.41, 5.74) is 4.02. The Balaban J connectivity index is 1.51. The number of methoxy groups -OCH3 is 1. The molecule has 0 saturated heterocycles. The molecule has 0 aliphatic carbocycles. The van der Waals surface area contributed by atoms with Crippen LogP contribution in [0.2, 0.25) is 5.15 Å². The molecule has 10 heteroatoms. The van der Waals surface area contributed by atoms with Crippen LogP contribution in [0.15, 0.2) is 42.5 Å². The van der Waals surface area contributed by atoms with Crippen molar-refractivity contribution in [1.29, 1.82) is 0 Å². The second kappa shape index (κ2) is 11.5. The van der Waals surface area contributed by atoms with E-state index >= 15 is 0 Å².